The van der Waals surface area contributed by atoms with E-state index in [1.807, 2.05) is 85.8 Å². The molecule has 126 valence electrons. The summed E-state index contributed by atoms with van der Waals surface area (Å²) >= 11 is 0. The molecule has 3 rings (SSSR count). The molecule has 4 nitrogen and oxygen atoms in total. The second-order valence-electron chi connectivity index (χ2n) is 5.71. The van der Waals surface area contributed by atoms with Gasteiger partial charge >= 0.3 is 6.03 Å². The summed E-state index contributed by atoms with van der Waals surface area (Å²) in [6, 6.07) is 24.6. The molecule has 3 aromatic carbocycles. The van der Waals surface area contributed by atoms with Crippen molar-refractivity contribution in [2.75, 3.05) is 5.32 Å². The number of amides is 2. The minimum atomic E-state index is -0.273. The number of para-hydroxylation sites is 3. The molecular formula is C21H20N2O2. The number of anilines is 1. The number of benzene rings is 3. The molecular weight excluding hydrogens is 312 g/mol. The van der Waals surface area contributed by atoms with E-state index < -0.39 is 0 Å². The highest BCUT2D eigenvalue weighted by molar-refractivity contribution is 5.90. The third-order valence-corrected chi connectivity index (χ3v) is 3.64. The largest absolute Gasteiger partial charge is 0.455 e. The standard InChI is InChI=1S/C21H20N2O2/c1-16-8-7-9-17(14-16)15-22-21(24)23-19-12-5-6-13-20(19)25-18-10-3-2-4-11-18/h2-14H,15H2,1H3,(H2,22,23,24). The molecule has 3 aromatic rings. The van der Waals surface area contributed by atoms with E-state index in [1.54, 1.807) is 0 Å². The highest BCUT2D eigenvalue weighted by Crippen LogP contribution is 2.28. The Bertz CT molecular complexity index is 847. The van der Waals surface area contributed by atoms with Gasteiger partial charge in [0.1, 0.15) is 5.75 Å². The maximum Gasteiger partial charge on any atom is 0.319 e. The number of aryl methyl sites for hydroxylation is 1. The van der Waals surface area contributed by atoms with Gasteiger partial charge in [-0.3, -0.25) is 0 Å². The summed E-state index contributed by atoms with van der Waals surface area (Å²) in [5.74, 6) is 1.32. The molecule has 0 atom stereocenters. The van der Waals surface area contributed by atoms with Crippen LogP contribution >= 0.6 is 0 Å². The number of carbonyl (C=O) groups is 1. The minimum Gasteiger partial charge on any atom is -0.455 e. The number of hydrogen-bond donors (Lipinski definition) is 2. The van der Waals surface area contributed by atoms with Crippen LogP contribution in [0.4, 0.5) is 10.5 Å². The molecule has 2 N–H and O–H groups in total. The zero-order valence-corrected chi connectivity index (χ0v) is 14.0. The number of nitrogens with one attached hydrogen (secondary N) is 2. The van der Waals surface area contributed by atoms with Crippen LogP contribution in [0, 0.1) is 6.92 Å². The monoisotopic (exact) mass is 332 g/mol. The molecule has 25 heavy (non-hydrogen) atoms. The molecule has 2 amide bonds. The molecule has 0 bridgehead atoms. The summed E-state index contributed by atoms with van der Waals surface area (Å²) < 4.78 is 5.85. The van der Waals surface area contributed by atoms with Gasteiger partial charge in [-0.2, -0.15) is 0 Å². The van der Waals surface area contributed by atoms with Gasteiger partial charge in [0.05, 0.1) is 5.69 Å². The van der Waals surface area contributed by atoms with Crippen LogP contribution in [-0.2, 0) is 6.54 Å². The van der Waals surface area contributed by atoms with Gasteiger partial charge in [0, 0.05) is 6.54 Å². The van der Waals surface area contributed by atoms with Crippen molar-refractivity contribution in [1.29, 1.82) is 0 Å². The molecule has 4 heteroatoms. The molecule has 0 aliphatic heterocycles. The third kappa shape index (κ3) is 4.85. The van der Waals surface area contributed by atoms with Crippen molar-refractivity contribution in [3.8, 4) is 11.5 Å². The lowest BCUT2D eigenvalue weighted by Crippen LogP contribution is -2.28. The SMILES string of the molecule is Cc1cccc(CNC(=O)Nc2ccccc2Oc2ccccc2)c1. The molecule has 0 fully saturated rings. The van der Waals surface area contributed by atoms with Gasteiger partial charge in [-0.25, -0.2) is 4.79 Å². The summed E-state index contributed by atoms with van der Waals surface area (Å²) in [6.07, 6.45) is 0. The molecule has 0 aliphatic rings. The van der Waals surface area contributed by atoms with E-state index in [0.29, 0.717) is 18.0 Å². The Morgan fingerprint density at radius 2 is 1.68 bits per heavy atom. The molecule has 0 aromatic heterocycles. The summed E-state index contributed by atoms with van der Waals surface area (Å²) in [5, 5.41) is 5.70. The van der Waals surface area contributed by atoms with Gasteiger partial charge in [0.25, 0.3) is 0 Å². The highest BCUT2D eigenvalue weighted by Gasteiger charge is 2.08. The van der Waals surface area contributed by atoms with Crippen molar-refractivity contribution in [1.82, 2.24) is 5.32 Å². The Morgan fingerprint density at radius 3 is 2.48 bits per heavy atom. The zero-order chi connectivity index (χ0) is 17.5. The smallest absolute Gasteiger partial charge is 0.319 e. The summed E-state index contributed by atoms with van der Waals surface area (Å²) in [5.41, 5.74) is 2.85. The van der Waals surface area contributed by atoms with Crippen molar-refractivity contribution in [2.45, 2.75) is 13.5 Å². The fraction of sp³-hybridized carbons (Fsp3) is 0.0952. The lowest BCUT2D eigenvalue weighted by Gasteiger charge is -2.13. The van der Waals surface area contributed by atoms with Crippen LogP contribution in [0.2, 0.25) is 0 Å². The van der Waals surface area contributed by atoms with Crippen molar-refractivity contribution < 1.29 is 9.53 Å². The van der Waals surface area contributed by atoms with Crippen LogP contribution in [0.3, 0.4) is 0 Å². The predicted molar refractivity (Wildman–Crippen MR) is 100.0 cm³/mol. The number of rotatable bonds is 5. The van der Waals surface area contributed by atoms with Crippen molar-refractivity contribution in [3.63, 3.8) is 0 Å². The van der Waals surface area contributed by atoms with Gasteiger partial charge in [0.15, 0.2) is 5.75 Å². The maximum atomic E-state index is 12.2. The van der Waals surface area contributed by atoms with Crippen LogP contribution < -0.4 is 15.4 Å². The molecule has 0 radical (unpaired) electrons. The van der Waals surface area contributed by atoms with Gasteiger partial charge in [0.2, 0.25) is 0 Å². The minimum absolute atomic E-state index is 0.273. The second-order valence-corrected chi connectivity index (χ2v) is 5.71. The number of carbonyl (C=O) groups excluding carboxylic acids is 1. The topological polar surface area (TPSA) is 50.4 Å². The van der Waals surface area contributed by atoms with E-state index in [-0.39, 0.29) is 6.03 Å². The Balaban J connectivity index is 1.63. The normalized spacial score (nSPS) is 10.1. The Kier molecular flexibility index (Phi) is 5.32. The first-order chi connectivity index (χ1) is 12.2. The molecule has 0 unspecified atom stereocenters. The van der Waals surface area contributed by atoms with E-state index in [2.05, 4.69) is 10.6 Å². The third-order valence-electron chi connectivity index (χ3n) is 3.64. The average molecular weight is 332 g/mol. The first-order valence-corrected chi connectivity index (χ1v) is 8.13. The Labute approximate surface area is 147 Å². The van der Waals surface area contributed by atoms with E-state index in [1.165, 1.54) is 5.56 Å². The second kappa shape index (κ2) is 8.02. The number of ether oxygens (including phenoxy) is 1. The van der Waals surface area contributed by atoms with Crippen molar-refractivity contribution >= 4 is 11.7 Å². The maximum absolute atomic E-state index is 12.2. The molecule has 0 saturated carbocycles. The number of urea groups is 1. The average Bonchev–Trinajstić information content (AvgIpc) is 2.63. The van der Waals surface area contributed by atoms with Crippen LogP contribution in [0.15, 0.2) is 78.9 Å². The molecule has 0 aliphatic carbocycles. The Morgan fingerprint density at radius 1 is 0.920 bits per heavy atom. The van der Waals surface area contributed by atoms with Crippen molar-refractivity contribution in [2.24, 2.45) is 0 Å². The van der Waals surface area contributed by atoms with Gasteiger partial charge < -0.3 is 15.4 Å². The van der Waals surface area contributed by atoms with Gasteiger partial charge in [-0.1, -0.05) is 60.2 Å². The molecule has 0 heterocycles. The fourth-order valence-corrected chi connectivity index (χ4v) is 2.45. The molecule has 0 spiro atoms. The highest BCUT2D eigenvalue weighted by atomic mass is 16.5. The predicted octanol–water partition coefficient (Wildman–Crippen LogP) is 5.11. The molecule has 0 saturated heterocycles. The van der Waals surface area contributed by atoms with Gasteiger partial charge in [-0.05, 0) is 36.8 Å². The van der Waals surface area contributed by atoms with E-state index in [4.69, 9.17) is 4.74 Å². The van der Waals surface area contributed by atoms with Crippen LogP contribution in [0.25, 0.3) is 0 Å². The summed E-state index contributed by atoms with van der Waals surface area (Å²) in [7, 11) is 0. The van der Waals surface area contributed by atoms with Crippen LogP contribution in [-0.4, -0.2) is 6.03 Å². The quantitative estimate of drug-likeness (QED) is 0.682. The van der Waals surface area contributed by atoms with E-state index in [9.17, 15) is 4.79 Å². The number of hydrogen-bond acceptors (Lipinski definition) is 2. The lowest BCUT2D eigenvalue weighted by molar-refractivity contribution is 0.251. The van der Waals surface area contributed by atoms with Crippen LogP contribution in [0.1, 0.15) is 11.1 Å². The zero-order valence-electron chi connectivity index (χ0n) is 14.0. The van der Waals surface area contributed by atoms with E-state index >= 15 is 0 Å². The lowest BCUT2D eigenvalue weighted by atomic mass is 10.1. The van der Waals surface area contributed by atoms with Crippen molar-refractivity contribution in [3.05, 3.63) is 90.0 Å². The van der Waals surface area contributed by atoms with Crippen LogP contribution in [0.5, 0.6) is 11.5 Å². The summed E-state index contributed by atoms with van der Waals surface area (Å²) in [4.78, 5) is 12.2. The Hall–Kier alpha value is -3.27. The first-order valence-electron chi connectivity index (χ1n) is 8.13. The van der Waals surface area contributed by atoms with E-state index in [0.717, 1.165) is 11.3 Å². The summed E-state index contributed by atoms with van der Waals surface area (Å²) in [6.45, 7) is 2.50. The first kappa shape index (κ1) is 16.6. The van der Waals surface area contributed by atoms with Gasteiger partial charge in [-0.15, -0.1) is 0 Å². The fourth-order valence-electron chi connectivity index (χ4n) is 2.45.